The van der Waals surface area contributed by atoms with Crippen LogP contribution in [0, 0.1) is 11.7 Å². The highest BCUT2D eigenvalue weighted by molar-refractivity contribution is 5.55. The van der Waals surface area contributed by atoms with Gasteiger partial charge in [0, 0.05) is 24.3 Å². The van der Waals surface area contributed by atoms with Crippen LogP contribution in [0.15, 0.2) is 18.2 Å². The molecule has 2 rings (SSSR count). The number of aliphatic hydroxyl groups excluding tert-OH is 1. The SMILES string of the molecule is CCCC1CCN(c2cccc(F)c2[C@H](C)O)C1. The molecule has 1 aliphatic heterocycles. The standard InChI is InChI=1S/C15H22FNO/c1-3-5-12-8-9-17(10-12)14-7-4-6-13(16)15(14)11(2)18/h4,6-7,11-12,18H,3,5,8-10H2,1-2H3/t11-,12?/m0/s1. The van der Waals surface area contributed by atoms with Crippen LogP contribution in [0.25, 0.3) is 0 Å². The van der Waals surface area contributed by atoms with Gasteiger partial charge in [-0.15, -0.1) is 0 Å². The number of nitrogens with zero attached hydrogens (tertiary/aromatic N) is 1. The van der Waals surface area contributed by atoms with Gasteiger partial charge in [-0.25, -0.2) is 4.39 Å². The zero-order valence-electron chi connectivity index (χ0n) is 11.2. The van der Waals surface area contributed by atoms with Gasteiger partial charge in [-0.1, -0.05) is 19.4 Å². The molecule has 18 heavy (non-hydrogen) atoms. The Morgan fingerprint density at radius 1 is 1.50 bits per heavy atom. The van der Waals surface area contributed by atoms with Gasteiger partial charge < -0.3 is 10.0 Å². The van der Waals surface area contributed by atoms with E-state index in [1.54, 1.807) is 13.0 Å². The number of hydrogen-bond donors (Lipinski definition) is 1. The van der Waals surface area contributed by atoms with E-state index >= 15 is 0 Å². The van der Waals surface area contributed by atoms with Crippen LogP contribution in [0.2, 0.25) is 0 Å². The molecule has 3 heteroatoms. The summed E-state index contributed by atoms with van der Waals surface area (Å²) in [6, 6.07) is 5.06. The molecule has 1 aliphatic rings. The van der Waals surface area contributed by atoms with E-state index in [0.717, 1.165) is 18.8 Å². The predicted molar refractivity (Wildman–Crippen MR) is 72.3 cm³/mol. The average molecular weight is 251 g/mol. The highest BCUT2D eigenvalue weighted by Crippen LogP contribution is 2.33. The minimum Gasteiger partial charge on any atom is -0.389 e. The molecule has 1 heterocycles. The zero-order valence-corrected chi connectivity index (χ0v) is 11.2. The van der Waals surface area contributed by atoms with Crippen molar-refractivity contribution in [2.24, 2.45) is 5.92 Å². The third kappa shape index (κ3) is 2.66. The van der Waals surface area contributed by atoms with E-state index in [1.807, 2.05) is 6.07 Å². The van der Waals surface area contributed by atoms with E-state index in [1.165, 1.54) is 25.3 Å². The van der Waals surface area contributed by atoms with E-state index in [0.29, 0.717) is 11.5 Å². The maximum atomic E-state index is 13.8. The van der Waals surface area contributed by atoms with Crippen molar-refractivity contribution in [3.8, 4) is 0 Å². The second-order valence-electron chi connectivity index (χ2n) is 5.24. The molecule has 0 amide bonds. The fourth-order valence-electron chi connectivity index (χ4n) is 2.91. The number of benzene rings is 1. The maximum Gasteiger partial charge on any atom is 0.131 e. The Kier molecular flexibility index (Phi) is 4.23. The minimum absolute atomic E-state index is 0.304. The minimum atomic E-state index is -0.758. The molecule has 2 nitrogen and oxygen atoms in total. The second-order valence-corrected chi connectivity index (χ2v) is 5.24. The summed E-state index contributed by atoms with van der Waals surface area (Å²) in [6.07, 6.45) is 2.84. The van der Waals surface area contributed by atoms with Crippen LogP contribution in [0.5, 0.6) is 0 Å². The van der Waals surface area contributed by atoms with Crippen molar-refractivity contribution in [3.05, 3.63) is 29.6 Å². The van der Waals surface area contributed by atoms with Gasteiger partial charge in [-0.05, 0) is 37.8 Å². The van der Waals surface area contributed by atoms with Crippen LogP contribution in [0.1, 0.15) is 44.8 Å². The lowest BCUT2D eigenvalue weighted by Crippen LogP contribution is -2.22. The van der Waals surface area contributed by atoms with Gasteiger partial charge in [-0.3, -0.25) is 0 Å². The van der Waals surface area contributed by atoms with Gasteiger partial charge in [0.2, 0.25) is 0 Å². The van der Waals surface area contributed by atoms with Crippen LogP contribution >= 0.6 is 0 Å². The number of halogens is 1. The van der Waals surface area contributed by atoms with Crippen LogP contribution in [-0.4, -0.2) is 18.2 Å². The molecule has 1 fully saturated rings. The smallest absolute Gasteiger partial charge is 0.131 e. The Morgan fingerprint density at radius 2 is 2.28 bits per heavy atom. The van der Waals surface area contributed by atoms with Gasteiger partial charge in [0.25, 0.3) is 0 Å². The van der Waals surface area contributed by atoms with Crippen molar-refractivity contribution in [1.82, 2.24) is 0 Å². The van der Waals surface area contributed by atoms with Crippen LogP contribution in [0.3, 0.4) is 0 Å². The summed E-state index contributed by atoms with van der Waals surface area (Å²) in [5, 5.41) is 9.75. The summed E-state index contributed by atoms with van der Waals surface area (Å²) in [4.78, 5) is 2.21. The molecule has 0 radical (unpaired) electrons. The molecule has 1 N–H and O–H groups in total. The number of hydrogen-bond acceptors (Lipinski definition) is 2. The average Bonchev–Trinajstić information content (AvgIpc) is 2.77. The zero-order chi connectivity index (χ0) is 13.1. The molecule has 1 saturated heterocycles. The van der Waals surface area contributed by atoms with Crippen molar-refractivity contribution < 1.29 is 9.50 Å². The maximum absolute atomic E-state index is 13.8. The Hall–Kier alpha value is -1.09. The summed E-state index contributed by atoms with van der Waals surface area (Å²) in [6.45, 7) is 5.78. The van der Waals surface area contributed by atoms with Crippen molar-refractivity contribution in [3.63, 3.8) is 0 Å². The molecule has 0 saturated carbocycles. The topological polar surface area (TPSA) is 23.5 Å². The lowest BCUT2D eigenvalue weighted by molar-refractivity contribution is 0.194. The molecule has 0 aliphatic carbocycles. The normalized spacial score (nSPS) is 21.3. The summed E-state index contributed by atoms with van der Waals surface area (Å²) in [7, 11) is 0. The van der Waals surface area contributed by atoms with E-state index in [-0.39, 0.29) is 5.82 Å². The van der Waals surface area contributed by atoms with Crippen molar-refractivity contribution >= 4 is 5.69 Å². The van der Waals surface area contributed by atoms with Crippen LogP contribution < -0.4 is 4.90 Å². The molecular weight excluding hydrogens is 229 g/mol. The molecule has 0 aromatic heterocycles. The summed E-state index contributed by atoms with van der Waals surface area (Å²) >= 11 is 0. The fraction of sp³-hybridized carbons (Fsp3) is 0.600. The largest absolute Gasteiger partial charge is 0.389 e. The van der Waals surface area contributed by atoms with Gasteiger partial charge >= 0.3 is 0 Å². The van der Waals surface area contributed by atoms with E-state index < -0.39 is 6.10 Å². The molecule has 0 bridgehead atoms. The Balaban J connectivity index is 2.21. The third-order valence-electron chi connectivity index (χ3n) is 3.77. The Labute approximate surface area is 108 Å². The monoisotopic (exact) mass is 251 g/mol. The third-order valence-corrected chi connectivity index (χ3v) is 3.77. The predicted octanol–water partition coefficient (Wildman–Crippen LogP) is 3.51. The van der Waals surface area contributed by atoms with Crippen molar-refractivity contribution in [2.45, 2.75) is 39.2 Å². The highest BCUT2D eigenvalue weighted by atomic mass is 19.1. The lowest BCUT2D eigenvalue weighted by atomic mass is 10.0. The molecule has 1 unspecified atom stereocenters. The second kappa shape index (κ2) is 5.70. The first-order chi connectivity index (χ1) is 8.63. The Morgan fingerprint density at radius 3 is 2.94 bits per heavy atom. The summed E-state index contributed by atoms with van der Waals surface area (Å²) in [5.41, 5.74) is 1.30. The summed E-state index contributed by atoms with van der Waals surface area (Å²) < 4.78 is 13.8. The molecule has 0 spiro atoms. The van der Waals surface area contributed by atoms with E-state index in [4.69, 9.17) is 0 Å². The van der Waals surface area contributed by atoms with Gasteiger partial charge in [0.1, 0.15) is 5.82 Å². The van der Waals surface area contributed by atoms with Crippen LogP contribution in [-0.2, 0) is 0 Å². The van der Waals surface area contributed by atoms with Gasteiger partial charge in [0.15, 0.2) is 0 Å². The highest BCUT2D eigenvalue weighted by Gasteiger charge is 2.25. The number of rotatable bonds is 4. The number of anilines is 1. The molecule has 100 valence electrons. The van der Waals surface area contributed by atoms with E-state index in [9.17, 15) is 9.50 Å². The first-order valence-electron chi connectivity index (χ1n) is 6.85. The molecule has 1 aromatic carbocycles. The molecular formula is C15H22FNO. The first kappa shape index (κ1) is 13.3. The van der Waals surface area contributed by atoms with Gasteiger partial charge in [0.05, 0.1) is 6.10 Å². The lowest BCUT2D eigenvalue weighted by Gasteiger charge is -2.23. The van der Waals surface area contributed by atoms with Crippen LogP contribution in [0.4, 0.5) is 10.1 Å². The van der Waals surface area contributed by atoms with E-state index in [2.05, 4.69) is 11.8 Å². The molecule has 2 atom stereocenters. The fourth-order valence-corrected chi connectivity index (χ4v) is 2.91. The molecule has 1 aromatic rings. The van der Waals surface area contributed by atoms with Gasteiger partial charge in [-0.2, -0.15) is 0 Å². The van der Waals surface area contributed by atoms with Crippen molar-refractivity contribution in [1.29, 1.82) is 0 Å². The number of aliphatic hydroxyl groups is 1. The first-order valence-corrected chi connectivity index (χ1v) is 6.85. The quantitative estimate of drug-likeness (QED) is 0.885. The van der Waals surface area contributed by atoms with Crippen molar-refractivity contribution in [2.75, 3.05) is 18.0 Å². The Bertz CT molecular complexity index is 405. The summed E-state index contributed by atoms with van der Waals surface area (Å²) in [5.74, 6) is 0.404.